The number of halogens is 1. The van der Waals surface area contributed by atoms with Gasteiger partial charge in [-0.1, -0.05) is 6.07 Å². The summed E-state index contributed by atoms with van der Waals surface area (Å²) in [6.45, 7) is 5.35. The number of carbonyl (C=O) groups is 1. The fraction of sp³-hybridized carbons (Fsp3) is 0.474. The molecule has 7 heteroatoms. The normalized spacial score (nSPS) is 20.0. The molecule has 26 heavy (non-hydrogen) atoms. The van der Waals surface area contributed by atoms with Crippen LogP contribution in [0.1, 0.15) is 24.2 Å². The molecule has 0 saturated carbocycles. The molecule has 3 rings (SSSR count). The summed E-state index contributed by atoms with van der Waals surface area (Å²) in [5.41, 5.74) is 1.97. The maximum atomic E-state index is 13.3. The van der Waals surface area contributed by atoms with Crippen molar-refractivity contribution in [2.24, 2.45) is 0 Å². The van der Waals surface area contributed by atoms with Gasteiger partial charge in [-0.3, -0.25) is 9.48 Å². The average Bonchev–Trinajstić information content (AvgIpc) is 2.92. The number of rotatable bonds is 6. The van der Waals surface area contributed by atoms with Crippen molar-refractivity contribution in [3.63, 3.8) is 0 Å². The third-order valence-corrected chi connectivity index (χ3v) is 4.38. The third kappa shape index (κ3) is 4.82. The number of aryl methyl sites for hydroxylation is 3. The maximum Gasteiger partial charge on any atom is 0.222 e. The average molecular weight is 361 g/mol. The Kier molecular flexibility index (Phi) is 5.88. The lowest BCUT2D eigenvalue weighted by molar-refractivity contribution is -0.124. The van der Waals surface area contributed by atoms with Crippen molar-refractivity contribution in [3.05, 3.63) is 47.5 Å². The zero-order valence-corrected chi connectivity index (χ0v) is 15.1. The van der Waals surface area contributed by atoms with Crippen LogP contribution in [0.5, 0.6) is 5.75 Å². The van der Waals surface area contributed by atoms with Crippen molar-refractivity contribution >= 4 is 5.91 Å². The summed E-state index contributed by atoms with van der Waals surface area (Å²) in [4.78, 5) is 12.3. The Balaban J connectivity index is 1.55. The number of hydrogen-bond acceptors (Lipinski definition) is 4. The Morgan fingerprint density at radius 1 is 1.42 bits per heavy atom. The lowest BCUT2D eigenvalue weighted by Crippen LogP contribution is -2.52. The van der Waals surface area contributed by atoms with Gasteiger partial charge in [-0.25, -0.2) is 4.39 Å². The van der Waals surface area contributed by atoms with E-state index in [4.69, 9.17) is 9.47 Å². The largest absolute Gasteiger partial charge is 0.488 e. The van der Waals surface area contributed by atoms with Gasteiger partial charge >= 0.3 is 0 Å². The molecule has 2 atom stereocenters. The van der Waals surface area contributed by atoms with Crippen LogP contribution in [0.3, 0.4) is 0 Å². The Morgan fingerprint density at radius 3 is 3.00 bits per heavy atom. The Bertz CT molecular complexity index is 762. The van der Waals surface area contributed by atoms with E-state index >= 15 is 0 Å². The molecule has 1 N–H and O–H groups in total. The lowest BCUT2D eigenvalue weighted by atomic mass is 10.1. The summed E-state index contributed by atoms with van der Waals surface area (Å²) in [6, 6.07) is 7.74. The van der Waals surface area contributed by atoms with Crippen LogP contribution < -0.4 is 10.1 Å². The standard InChI is InChI=1S/C19H24FN3O3/c1-13-10-14(2)23(22-13)8-6-19(24)21-17-12-25-9-7-18(17)26-16-5-3-4-15(20)11-16/h3-5,10-11,17-18H,6-9,12H2,1-2H3,(H,21,24)/t17-,18+/m1/s1. The van der Waals surface area contributed by atoms with Crippen LogP contribution in [-0.2, 0) is 16.1 Å². The SMILES string of the molecule is Cc1cc(C)n(CCC(=O)N[C@@H]2COCC[C@@H]2Oc2cccc(F)c2)n1. The van der Waals surface area contributed by atoms with Crippen LogP contribution in [-0.4, -0.2) is 41.0 Å². The van der Waals surface area contributed by atoms with Crippen LogP contribution in [0.25, 0.3) is 0 Å². The number of nitrogens with one attached hydrogen (secondary N) is 1. The minimum Gasteiger partial charge on any atom is -0.488 e. The molecule has 1 saturated heterocycles. The molecule has 140 valence electrons. The topological polar surface area (TPSA) is 65.4 Å². The van der Waals surface area contributed by atoms with Crippen LogP contribution >= 0.6 is 0 Å². The summed E-state index contributed by atoms with van der Waals surface area (Å²) in [7, 11) is 0. The quantitative estimate of drug-likeness (QED) is 0.858. The highest BCUT2D eigenvalue weighted by Crippen LogP contribution is 2.19. The molecule has 1 aromatic heterocycles. The highest BCUT2D eigenvalue weighted by molar-refractivity contribution is 5.76. The fourth-order valence-electron chi connectivity index (χ4n) is 3.10. The van der Waals surface area contributed by atoms with E-state index < -0.39 is 0 Å². The minimum atomic E-state index is -0.347. The first-order valence-corrected chi connectivity index (χ1v) is 8.81. The second kappa shape index (κ2) is 8.31. The number of nitrogens with zero attached hydrogens (tertiary/aromatic N) is 2. The van der Waals surface area contributed by atoms with Crippen molar-refractivity contribution in [1.29, 1.82) is 0 Å². The number of benzene rings is 1. The Hall–Kier alpha value is -2.41. The van der Waals surface area contributed by atoms with Gasteiger partial charge in [0.25, 0.3) is 0 Å². The van der Waals surface area contributed by atoms with Gasteiger partial charge in [0.2, 0.25) is 5.91 Å². The smallest absolute Gasteiger partial charge is 0.222 e. The van der Waals surface area contributed by atoms with Crippen molar-refractivity contribution in [2.75, 3.05) is 13.2 Å². The van der Waals surface area contributed by atoms with Crippen LogP contribution in [0.4, 0.5) is 4.39 Å². The molecule has 2 heterocycles. The molecule has 0 unspecified atom stereocenters. The molecule has 2 aromatic rings. The van der Waals surface area contributed by atoms with Crippen LogP contribution in [0.15, 0.2) is 30.3 Å². The van der Waals surface area contributed by atoms with E-state index in [1.54, 1.807) is 12.1 Å². The summed E-state index contributed by atoms with van der Waals surface area (Å²) >= 11 is 0. The van der Waals surface area contributed by atoms with E-state index in [-0.39, 0.29) is 23.9 Å². The van der Waals surface area contributed by atoms with Gasteiger partial charge in [-0.05, 0) is 32.0 Å². The second-order valence-corrected chi connectivity index (χ2v) is 6.55. The van der Waals surface area contributed by atoms with E-state index in [9.17, 15) is 9.18 Å². The first-order valence-electron chi connectivity index (χ1n) is 8.81. The summed E-state index contributed by atoms with van der Waals surface area (Å²) in [5.74, 6) is 0.0275. The van der Waals surface area contributed by atoms with Gasteiger partial charge in [0, 0.05) is 31.1 Å². The van der Waals surface area contributed by atoms with Crippen LogP contribution in [0.2, 0.25) is 0 Å². The number of hydrogen-bond donors (Lipinski definition) is 1. The summed E-state index contributed by atoms with van der Waals surface area (Å²) in [5, 5.41) is 7.34. The third-order valence-electron chi connectivity index (χ3n) is 4.38. The number of aromatic nitrogens is 2. The van der Waals surface area contributed by atoms with Gasteiger partial charge in [0.1, 0.15) is 17.7 Å². The number of ether oxygens (including phenoxy) is 2. The maximum absolute atomic E-state index is 13.3. The van der Waals surface area contributed by atoms with Crippen LogP contribution in [0, 0.1) is 19.7 Å². The molecule has 0 spiro atoms. The van der Waals surface area contributed by atoms with Gasteiger partial charge < -0.3 is 14.8 Å². The Morgan fingerprint density at radius 2 is 2.27 bits per heavy atom. The summed E-state index contributed by atoms with van der Waals surface area (Å²) in [6.07, 6.45) is 0.715. The molecule has 1 fully saturated rings. The fourth-order valence-corrected chi connectivity index (χ4v) is 3.10. The van der Waals surface area contributed by atoms with Crippen molar-refractivity contribution in [3.8, 4) is 5.75 Å². The predicted octanol–water partition coefficient (Wildman–Crippen LogP) is 2.38. The second-order valence-electron chi connectivity index (χ2n) is 6.55. The first-order chi connectivity index (χ1) is 12.5. The highest BCUT2D eigenvalue weighted by atomic mass is 19.1. The van der Waals surface area contributed by atoms with Gasteiger partial charge in [-0.2, -0.15) is 5.10 Å². The molecule has 6 nitrogen and oxygen atoms in total. The van der Waals surface area contributed by atoms with Crippen molar-refractivity contribution < 1.29 is 18.7 Å². The van der Waals surface area contributed by atoms with Crippen molar-refractivity contribution in [2.45, 2.75) is 45.4 Å². The van der Waals surface area contributed by atoms with Gasteiger partial charge in [0.05, 0.1) is 24.9 Å². The number of carbonyl (C=O) groups excluding carboxylic acids is 1. The minimum absolute atomic E-state index is 0.0825. The van der Waals surface area contributed by atoms with E-state index in [1.165, 1.54) is 12.1 Å². The molecule has 0 radical (unpaired) electrons. The molecule has 1 amide bonds. The molecule has 1 aliphatic rings. The van der Waals surface area contributed by atoms with E-state index in [0.717, 1.165) is 11.4 Å². The zero-order chi connectivity index (χ0) is 18.5. The molecule has 1 aromatic carbocycles. The lowest BCUT2D eigenvalue weighted by Gasteiger charge is -2.32. The highest BCUT2D eigenvalue weighted by Gasteiger charge is 2.29. The molecular formula is C19H24FN3O3. The van der Waals surface area contributed by atoms with Gasteiger partial charge in [-0.15, -0.1) is 0 Å². The molecule has 1 aliphatic heterocycles. The first kappa shape index (κ1) is 18.4. The molecular weight excluding hydrogens is 337 g/mol. The monoisotopic (exact) mass is 361 g/mol. The predicted molar refractivity (Wildman–Crippen MR) is 94.5 cm³/mol. The molecule has 0 aliphatic carbocycles. The Labute approximate surface area is 152 Å². The van der Waals surface area contributed by atoms with E-state index in [1.807, 2.05) is 24.6 Å². The summed E-state index contributed by atoms with van der Waals surface area (Å²) < 4.78 is 26.5. The van der Waals surface area contributed by atoms with E-state index in [2.05, 4.69) is 10.4 Å². The zero-order valence-electron chi connectivity index (χ0n) is 15.1. The van der Waals surface area contributed by atoms with Gasteiger partial charge in [0.15, 0.2) is 0 Å². The molecule has 0 bridgehead atoms. The van der Waals surface area contributed by atoms with E-state index in [0.29, 0.717) is 38.3 Å². The van der Waals surface area contributed by atoms with Crippen molar-refractivity contribution in [1.82, 2.24) is 15.1 Å². The number of amides is 1.